The molecule has 4 rings (SSSR count). The molecule has 1 aliphatic rings. The van der Waals surface area contributed by atoms with Gasteiger partial charge >= 0.3 is 0 Å². The highest BCUT2D eigenvalue weighted by Gasteiger charge is 2.25. The van der Waals surface area contributed by atoms with Gasteiger partial charge in [-0.2, -0.15) is 5.10 Å². The zero-order chi connectivity index (χ0) is 18.8. The van der Waals surface area contributed by atoms with Crippen molar-refractivity contribution in [2.75, 3.05) is 18.1 Å². The Hall–Kier alpha value is -2.93. The minimum Gasteiger partial charge on any atom is -0.494 e. The summed E-state index contributed by atoms with van der Waals surface area (Å²) in [5.74, 6) is 1.44. The molecule has 0 atom stereocenters. The molecule has 1 aromatic heterocycles. The third-order valence-corrected chi connectivity index (χ3v) is 4.98. The summed E-state index contributed by atoms with van der Waals surface area (Å²) in [4.78, 5) is 14.8. The molecule has 0 saturated heterocycles. The quantitative estimate of drug-likeness (QED) is 0.687. The van der Waals surface area contributed by atoms with Gasteiger partial charge < -0.3 is 9.64 Å². The fourth-order valence-corrected chi connectivity index (χ4v) is 3.57. The Labute approximate surface area is 162 Å². The number of aromatic nitrogens is 3. The van der Waals surface area contributed by atoms with E-state index in [9.17, 15) is 4.79 Å². The van der Waals surface area contributed by atoms with Crippen LogP contribution < -0.4 is 9.64 Å². The second kappa shape index (κ2) is 7.36. The van der Waals surface area contributed by atoms with Gasteiger partial charge in [0.05, 0.1) is 6.61 Å². The lowest BCUT2D eigenvalue weighted by molar-refractivity contribution is -0.119. The Morgan fingerprint density at radius 1 is 1.22 bits per heavy atom. The second-order valence-electron chi connectivity index (χ2n) is 6.32. The number of rotatable bonds is 5. The number of fused-ring (bicyclic) bond motifs is 1. The van der Waals surface area contributed by atoms with E-state index >= 15 is 0 Å². The number of nitrogens with zero attached hydrogens (tertiary/aromatic N) is 3. The summed E-state index contributed by atoms with van der Waals surface area (Å²) in [5, 5.41) is 7.12. The van der Waals surface area contributed by atoms with E-state index < -0.39 is 0 Å². The summed E-state index contributed by atoms with van der Waals surface area (Å²) in [5.41, 5.74) is 3.06. The van der Waals surface area contributed by atoms with Crippen LogP contribution in [0.2, 0.25) is 0 Å². The lowest BCUT2D eigenvalue weighted by atomic mass is 10.2. The average Bonchev–Trinajstić information content (AvgIpc) is 3.27. The molecule has 2 aromatic carbocycles. The van der Waals surface area contributed by atoms with E-state index in [2.05, 4.69) is 16.3 Å². The van der Waals surface area contributed by atoms with Gasteiger partial charge in [-0.25, -0.2) is 0 Å². The first kappa shape index (κ1) is 17.5. The van der Waals surface area contributed by atoms with Crippen LogP contribution in [0.3, 0.4) is 0 Å². The van der Waals surface area contributed by atoms with Gasteiger partial charge in [-0.3, -0.25) is 14.5 Å². The Morgan fingerprint density at radius 3 is 2.78 bits per heavy atom. The summed E-state index contributed by atoms with van der Waals surface area (Å²) >= 11 is 5.36. The fraction of sp³-hybridized carbons (Fsp3) is 0.250. The maximum atomic E-state index is 12.9. The summed E-state index contributed by atoms with van der Waals surface area (Å²) in [7, 11) is 0. The van der Waals surface area contributed by atoms with Crippen molar-refractivity contribution in [2.24, 2.45) is 0 Å². The number of amides is 1. The van der Waals surface area contributed by atoms with Gasteiger partial charge in [-0.1, -0.05) is 18.2 Å². The number of para-hydroxylation sites is 1. The molecule has 0 fully saturated rings. The van der Waals surface area contributed by atoms with Crippen LogP contribution in [-0.4, -0.2) is 33.8 Å². The van der Waals surface area contributed by atoms with Crippen molar-refractivity contribution in [2.45, 2.75) is 19.9 Å². The molecular weight excluding hydrogens is 360 g/mol. The minimum atomic E-state index is 0.00429. The molecule has 6 nitrogen and oxygen atoms in total. The lowest BCUT2D eigenvalue weighted by Gasteiger charge is -2.18. The molecule has 138 valence electrons. The Kier molecular flexibility index (Phi) is 4.77. The zero-order valence-electron chi connectivity index (χ0n) is 15.0. The standard InChI is InChI=1S/C20H20N4O2S/c1-2-26-16-9-7-15(8-10-16)19-21-22-20(27)24(19)13-18(25)23-12-11-14-5-3-4-6-17(14)23/h3-10H,2,11-13H2,1H3,(H,22,27). The van der Waals surface area contributed by atoms with E-state index in [0.29, 0.717) is 23.7 Å². The van der Waals surface area contributed by atoms with Crippen LogP contribution in [0.5, 0.6) is 5.75 Å². The second-order valence-corrected chi connectivity index (χ2v) is 6.71. The van der Waals surface area contributed by atoms with Crippen molar-refractivity contribution < 1.29 is 9.53 Å². The molecule has 1 N–H and O–H groups in total. The number of benzene rings is 2. The Morgan fingerprint density at radius 2 is 2.00 bits per heavy atom. The molecule has 0 radical (unpaired) electrons. The first-order valence-corrected chi connectivity index (χ1v) is 9.35. The first-order valence-electron chi connectivity index (χ1n) is 8.94. The van der Waals surface area contributed by atoms with E-state index in [-0.39, 0.29) is 12.5 Å². The molecule has 0 aliphatic carbocycles. The highest BCUT2D eigenvalue weighted by Crippen LogP contribution is 2.28. The normalized spacial score (nSPS) is 12.9. The van der Waals surface area contributed by atoms with Crippen LogP contribution in [0.1, 0.15) is 12.5 Å². The third-order valence-electron chi connectivity index (χ3n) is 4.66. The molecule has 1 aliphatic heterocycles. The number of carbonyl (C=O) groups excluding carboxylic acids is 1. The van der Waals surface area contributed by atoms with Gasteiger partial charge in [0.2, 0.25) is 5.91 Å². The number of ether oxygens (including phenoxy) is 1. The molecule has 0 bridgehead atoms. The van der Waals surface area contributed by atoms with E-state index in [4.69, 9.17) is 17.0 Å². The number of anilines is 1. The van der Waals surface area contributed by atoms with E-state index in [0.717, 1.165) is 23.4 Å². The molecule has 0 spiro atoms. The topological polar surface area (TPSA) is 63.1 Å². The number of carbonyl (C=O) groups is 1. The SMILES string of the molecule is CCOc1ccc(-c2n[nH]c(=S)n2CC(=O)N2CCc3ccccc32)cc1. The van der Waals surface area contributed by atoms with Crippen LogP contribution in [0.4, 0.5) is 5.69 Å². The minimum absolute atomic E-state index is 0.00429. The van der Waals surface area contributed by atoms with Crippen LogP contribution >= 0.6 is 12.2 Å². The summed E-state index contributed by atoms with van der Waals surface area (Å²) < 4.78 is 7.66. The Balaban J connectivity index is 1.59. The smallest absolute Gasteiger partial charge is 0.247 e. The Bertz CT molecular complexity index is 1020. The fourth-order valence-electron chi connectivity index (χ4n) is 3.37. The number of nitrogens with one attached hydrogen (secondary N) is 1. The highest BCUT2D eigenvalue weighted by atomic mass is 32.1. The summed E-state index contributed by atoms with van der Waals surface area (Å²) in [6, 6.07) is 15.6. The van der Waals surface area contributed by atoms with Gasteiger partial charge in [0.15, 0.2) is 10.6 Å². The van der Waals surface area contributed by atoms with Gasteiger partial charge in [-0.05, 0) is 61.5 Å². The van der Waals surface area contributed by atoms with E-state index in [1.807, 2.05) is 54.3 Å². The first-order chi connectivity index (χ1) is 13.2. The van der Waals surface area contributed by atoms with Crippen LogP contribution in [0.25, 0.3) is 11.4 Å². The number of H-pyrrole nitrogens is 1. The molecule has 2 heterocycles. The number of hydrogen-bond donors (Lipinski definition) is 1. The predicted molar refractivity (Wildman–Crippen MR) is 107 cm³/mol. The van der Waals surface area contributed by atoms with Crippen molar-refractivity contribution in [3.8, 4) is 17.1 Å². The molecule has 3 aromatic rings. The molecular formula is C20H20N4O2S. The molecule has 0 saturated carbocycles. The predicted octanol–water partition coefficient (Wildman–Crippen LogP) is 3.60. The maximum Gasteiger partial charge on any atom is 0.247 e. The van der Waals surface area contributed by atoms with Gasteiger partial charge in [0.1, 0.15) is 12.3 Å². The van der Waals surface area contributed by atoms with Crippen molar-refractivity contribution in [1.82, 2.24) is 14.8 Å². The molecule has 0 unspecified atom stereocenters. The summed E-state index contributed by atoms with van der Waals surface area (Å²) in [6.07, 6.45) is 0.879. The van der Waals surface area contributed by atoms with Crippen molar-refractivity contribution in [3.05, 3.63) is 58.9 Å². The highest BCUT2D eigenvalue weighted by molar-refractivity contribution is 7.71. The zero-order valence-corrected chi connectivity index (χ0v) is 15.8. The maximum absolute atomic E-state index is 12.9. The number of hydrogen-bond acceptors (Lipinski definition) is 4. The van der Waals surface area contributed by atoms with Crippen molar-refractivity contribution in [3.63, 3.8) is 0 Å². The third kappa shape index (κ3) is 3.38. The average molecular weight is 380 g/mol. The largest absolute Gasteiger partial charge is 0.494 e. The molecule has 7 heteroatoms. The van der Waals surface area contributed by atoms with Crippen molar-refractivity contribution in [1.29, 1.82) is 0 Å². The lowest BCUT2D eigenvalue weighted by Crippen LogP contribution is -2.32. The van der Waals surface area contributed by atoms with Crippen LogP contribution in [-0.2, 0) is 17.8 Å². The van der Waals surface area contributed by atoms with E-state index in [1.54, 1.807) is 4.57 Å². The van der Waals surface area contributed by atoms with Crippen LogP contribution in [0.15, 0.2) is 48.5 Å². The monoisotopic (exact) mass is 380 g/mol. The van der Waals surface area contributed by atoms with E-state index in [1.165, 1.54) is 5.56 Å². The van der Waals surface area contributed by atoms with Gasteiger partial charge in [-0.15, -0.1) is 0 Å². The number of aromatic amines is 1. The molecule has 27 heavy (non-hydrogen) atoms. The van der Waals surface area contributed by atoms with Gasteiger partial charge in [0.25, 0.3) is 0 Å². The van der Waals surface area contributed by atoms with Crippen LogP contribution in [0, 0.1) is 4.77 Å². The van der Waals surface area contributed by atoms with Crippen molar-refractivity contribution >= 4 is 23.8 Å². The van der Waals surface area contributed by atoms with Gasteiger partial charge in [0, 0.05) is 17.8 Å². The molecule has 1 amide bonds. The summed E-state index contributed by atoms with van der Waals surface area (Å²) in [6.45, 7) is 3.40.